The zero-order chi connectivity index (χ0) is 17.5. The van der Waals surface area contributed by atoms with E-state index in [0.29, 0.717) is 17.4 Å². The molecule has 0 saturated carbocycles. The van der Waals surface area contributed by atoms with Crippen molar-refractivity contribution in [1.29, 1.82) is 0 Å². The zero-order valence-electron chi connectivity index (χ0n) is 15.7. The molecule has 0 aliphatic heterocycles. The summed E-state index contributed by atoms with van der Waals surface area (Å²) in [5.41, 5.74) is 3.08. The first-order valence-electron chi connectivity index (χ1n) is 8.09. The van der Waals surface area contributed by atoms with Crippen molar-refractivity contribution in [3.8, 4) is 0 Å². The van der Waals surface area contributed by atoms with Crippen LogP contribution in [0.2, 0.25) is 0 Å². The van der Waals surface area contributed by atoms with Crippen LogP contribution in [0.1, 0.15) is 76.0 Å². The van der Waals surface area contributed by atoms with Crippen LogP contribution in [-0.4, -0.2) is 13.0 Å². The second-order valence-electron chi connectivity index (χ2n) is 7.14. The van der Waals surface area contributed by atoms with Gasteiger partial charge in [-0.25, -0.2) is 8.42 Å². The molecule has 2 aromatic carbocycles. The average Bonchev–Trinajstić information content (AvgIpc) is 2.43. The number of benzene rings is 2. The molecule has 0 amide bonds. The van der Waals surface area contributed by atoms with E-state index in [1.807, 2.05) is 26.0 Å². The minimum absolute atomic E-state index is 0. The van der Waals surface area contributed by atoms with Gasteiger partial charge in [-0.1, -0.05) is 53.7 Å². The molecule has 0 bridgehead atoms. The minimum Gasteiger partial charge on any atom is -0.744 e. The molecule has 2 aromatic rings. The van der Waals surface area contributed by atoms with Crippen molar-refractivity contribution in [2.45, 2.75) is 64.2 Å². The van der Waals surface area contributed by atoms with Gasteiger partial charge in [0, 0.05) is 0 Å². The summed E-state index contributed by atoms with van der Waals surface area (Å²) >= 11 is 0. The first kappa shape index (κ1) is 21.7. The molecule has 0 fully saturated rings. The molecule has 0 saturated heterocycles. The van der Waals surface area contributed by atoms with E-state index in [1.165, 1.54) is 11.1 Å². The normalized spacial score (nSPS) is 12.2. The number of fused-ring (bicyclic) bond motifs is 1. The summed E-state index contributed by atoms with van der Waals surface area (Å²) < 4.78 is 34.9. The Balaban J connectivity index is 0.00000288. The van der Waals surface area contributed by atoms with E-state index in [0.717, 1.165) is 10.8 Å². The maximum absolute atomic E-state index is 11.6. The van der Waals surface area contributed by atoms with Crippen molar-refractivity contribution < 1.29 is 42.5 Å². The third kappa shape index (κ3) is 4.41. The number of hydrogen-bond donors (Lipinski definition) is 0. The predicted molar refractivity (Wildman–Crippen MR) is 94.2 cm³/mol. The summed E-state index contributed by atoms with van der Waals surface area (Å²) in [5.74, 6) is 0.710. The Morgan fingerprint density at radius 3 is 1.38 bits per heavy atom. The van der Waals surface area contributed by atoms with Crippen molar-refractivity contribution in [2.75, 3.05) is 0 Å². The van der Waals surface area contributed by atoms with Gasteiger partial charge in [-0.15, -0.1) is 0 Å². The van der Waals surface area contributed by atoms with Gasteiger partial charge < -0.3 is 4.55 Å². The third-order valence-corrected chi connectivity index (χ3v) is 5.20. The molecular formula is C19H25NaO3S. The molecule has 0 heterocycles. The maximum atomic E-state index is 11.6. The standard InChI is InChI=1S/C19H26O3S.Na/c1-11(2)16-7-14-9-18(13(5)6)19(23(20,21)22)10-15(14)8-17(16)12(3)4;/h7-13H,1-6H3,(H,20,21,22);/q;+1/p-1. The molecule has 24 heavy (non-hydrogen) atoms. The minimum atomic E-state index is -4.48. The van der Waals surface area contributed by atoms with E-state index in [1.54, 1.807) is 6.07 Å². The fourth-order valence-corrected chi connectivity index (χ4v) is 3.90. The number of hydrogen-bond acceptors (Lipinski definition) is 3. The van der Waals surface area contributed by atoms with Gasteiger partial charge in [0.2, 0.25) is 0 Å². The largest absolute Gasteiger partial charge is 1.00 e. The van der Waals surface area contributed by atoms with Crippen molar-refractivity contribution in [3.05, 3.63) is 41.0 Å². The molecule has 0 aliphatic rings. The fraction of sp³-hybridized carbons (Fsp3) is 0.474. The summed E-state index contributed by atoms with van der Waals surface area (Å²) in [5, 5.41) is 1.81. The Bertz CT molecular complexity index is 837. The molecule has 126 valence electrons. The van der Waals surface area contributed by atoms with Crippen molar-refractivity contribution in [1.82, 2.24) is 0 Å². The second kappa shape index (κ2) is 7.88. The van der Waals surface area contributed by atoms with Gasteiger partial charge in [0.05, 0.1) is 4.90 Å². The van der Waals surface area contributed by atoms with Gasteiger partial charge >= 0.3 is 29.6 Å². The second-order valence-corrected chi connectivity index (χ2v) is 8.48. The van der Waals surface area contributed by atoms with E-state index in [9.17, 15) is 13.0 Å². The third-order valence-electron chi connectivity index (χ3n) is 4.31. The molecule has 0 atom stereocenters. The predicted octanol–water partition coefficient (Wildman–Crippen LogP) is 2.12. The Hall–Kier alpha value is -0.390. The van der Waals surface area contributed by atoms with Crippen molar-refractivity contribution in [2.24, 2.45) is 0 Å². The van der Waals surface area contributed by atoms with Gasteiger partial charge in [0.25, 0.3) is 0 Å². The van der Waals surface area contributed by atoms with Crippen LogP contribution < -0.4 is 29.6 Å². The zero-order valence-corrected chi connectivity index (χ0v) is 18.5. The van der Waals surface area contributed by atoms with E-state index in [2.05, 4.69) is 33.8 Å². The Morgan fingerprint density at radius 2 is 1.04 bits per heavy atom. The van der Waals surface area contributed by atoms with Crippen LogP contribution in [0.5, 0.6) is 0 Å². The molecule has 0 aliphatic carbocycles. The van der Waals surface area contributed by atoms with Crippen LogP contribution in [0.25, 0.3) is 10.8 Å². The Morgan fingerprint density at radius 1 is 0.708 bits per heavy atom. The topological polar surface area (TPSA) is 57.2 Å². The van der Waals surface area contributed by atoms with Gasteiger partial charge in [-0.2, -0.15) is 0 Å². The van der Waals surface area contributed by atoms with Crippen LogP contribution in [0, 0.1) is 0 Å². The van der Waals surface area contributed by atoms with Crippen LogP contribution in [0.4, 0.5) is 0 Å². The van der Waals surface area contributed by atoms with Crippen LogP contribution >= 0.6 is 0 Å². The smallest absolute Gasteiger partial charge is 0.744 e. The van der Waals surface area contributed by atoms with Crippen molar-refractivity contribution in [3.63, 3.8) is 0 Å². The van der Waals surface area contributed by atoms with Gasteiger partial charge in [0.1, 0.15) is 10.1 Å². The van der Waals surface area contributed by atoms with Gasteiger partial charge in [0.15, 0.2) is 0 Å². The van der Waals surface area contributed by atoms with Gasteiger partial charge in [-0.05, 0) is 57.3 Å². The average molecular weight is 356 g/mol. The first-order valence-corrected chi connectivity index (χ1v) is 9.50. The van der Waals surface area contributed by atoms with E-state index < -0.39 is 10.1 Å². The summed E-state index contributed by atoms with van der Waals surface area (Å²) in [6.07, 6.45) is 0. The summed E-state index contributed by atoms with van der Waals surface area (Å²) in [6.45, 7) is 12.4. The van der Waals surface area contributed by atoms with Gasteiger partial charge in [-0.3, -0.25) is 0 Å². The quantitative estimate of drug-likeness (QED) is 0.623. The summed E-state index contributed by atoms with van der Waals surface area (Å²) in [7, 11) is -4.48. The molecule has 5 heteroatoms. The molecule has 2 rings (SSSR count). The van der Waals surface area contributed by atoms with E-state index in [-0.39, 0.29) is 40.4 Å². The summed E-state index contributed by atoms with van der Waals surface area (Å²) in [6, 6.07) is 7.58. The Kier molecular flexibility index (Phi) is 7.11. The van der Waals surface area contributed by atoms with Crippen molar-refractivity contribution >= 4 is 20.9 Å². The SMILES string of the molecule is CC(C)c1cc2cc(C(C)C)c(S(=O)(=O)[O-])cc2cc1C(C)C.[Na+]. The molecule has 0 spiro atoms. The molecule has 3 nitrogen and oxygen atoms in total. The van der Waals surface area contributed by atoms with E-state index in [4.69, 9.17) is 0 Å². The monoisotopic (exact) mass is 356 g/mol. The first-order chi connectivity index (χ1) is 10.5. The molecular weight excluding hydrogens is 331 g/mol. The molecule has 0 N–H and O–H groups in total. The van der Waals surface area contributed by atoms with Crippen LogP contribution in [-0.2, 0) is 10.1 Å². The fourth-order valence-electron chi connectivity index (χ4n) is 3.05. The Labute approximate surface area is 167 Å². The van der Waals surface area contributed by atoms with Crippen LogP contribution in [0.15, 0.2) is 29.2 Å². The molecule has 0 radical (unpaired) electrons. The number of rotatable bonds is 4. The maximum Gasteiger partial charge on any atom is 1.00 e. The van der Waals surface area contributed by atoms with Crippen LogP contribution in [0.3, 0.4) is 0 Å². The molecule has 0 aromatic heterocycles. The van der Waals surface area contributed by atoms with E-state index >= 15 is 0 Å². The molecule has 0 unspecified atom stereocenters. The summed E-state index contributed by atoms with van der Waals surface area (Å²) in [4.78, 5) is -0.0907.